The fourth-order valence-corrected chi connectivity index (χ4v) is 2.59. The smallest absolute Gasteiger partial charge is 0.330 e. The predicted molar refractivity (Wildman–Crippen MR) is 77.4 cm³/mol. The van der Waals surface area contributed by atoms with Crippen LogP contribution in [0.2, 0.25) is 0 Å². The number of carbonyl (C=O) groups excluding carboxylic acids is 2. The highest BCUT2D eigenvalue weighted by atomic mass is 16.5. The second-order valence-electron chi connectivity index (χ2n) is 4.91. The summed E-state index contributed by atoms with van der Waals surface area (Å²) in [7, 11) is 2.71. The van der Waals surface area contributed by atoms with Gasteiger partial charge >= 0.3 is 11.9 Å². The minimum atomic E-state index is -0.400. The van der Waals surface area contributed by atoms with E-state index in [1.807, 2.05) is 30.3 Å². The molecule has 0 amide bonds. The maximum absolute atomic E-state index is 11.7. The van der Waals surface area contributed by atoms with Crippen LogP contribution in [0.15, 0.2) is 42.5 Å². The second-order valence-corrected chi connectivity index (χ2v) is 4.91. The standard InChI is InChI=1S/C16H19NO4/c1-20-14(18)9-8-12-10-13(16(19)21-2)17-15(12)11-6-4-3-5-7-11/h3-9,12-13,15,17H,10H2,1-2H3/b9-8+/t12-,13+,15+/m0/s1. The molecule has 0 saturated carbocycles. The van der Waals surface area contributed by atoms with Crippen molar-refractivity contribution in [2.45, 2.75) is 18.5 Å². The van der Waals surface area contributed by atoms with E-state index in [4.69, 9.17) is 4.74 Å². The number of hydrogen-bond donors (Lipinski definition) is 1. The highest BCUT2D eigenvalue weighted by Crippen LogP contribution is 2.34. The number of nitrogens with one attached hydrogen (secondary N) is 1. The molecule has 3 atom stereocenters. The van der Waals surface area contributed by atoms with Crippen LogP contribution in [-0.4, -0.2) is 32.2 Å². The van der Waals surface area contributed by atoms with Gasteiger partial charge in [-0.3, -0.25) is 10.1 Å². The van der Waals surface area contributed by atoms with Crippen LogP contribution in [0, 0.1) is 5.92 Å². The largest absolute Gasteiger partial charge is 0.468 e. The van der Waals surface area contributed by atoms with E-state index in [0.29, 0.717) is 6.42 Å². The van der Waals surface area contributed by atoms with Crippen molar-refractivity contribution in [2.75, 3.05) is 14.2 Å². The Morgan fingerprint density at radius 3 is 2.52 bits per heavy atom. The number of hydrogen-bond acceptors (Lipinski definition) is 5. The molecule has 0 unspecified atom stereocenters. The molecule has 0 aromatic heterocycles. The third kappa shape index (κ3) is 3.70. The van der Waals surface area contributed by atoms with E-state index >= 15 is 0 Å². The Labute approximate surface area is 123 Å². The third-order valence-corrected chi connectivity index (χ3v) is 3.64. The molecule has 0 radical (unpaired) electrons. The zero-order chi connectivity index (χ0) is 15.2. The quantitative estimate of drug-likeness (QED) is 0.674. The molecule has 112 valence electrons. The molecule has 1 N–H and O–H groups in total. The van der Waals surface area contributed by atoms with Gasteiger partial charge < -0.3 is 9.47 Å². The molecule has 1 aromatic rings. The van der Waals surface area contributed by atoms with Gasteiger partial charge in [-0.2, -0.15) is 0 Å². The molecule has 2 rings (SSSR count). The molecule has 5 heteroatoms. The Bertz CT molecular complexity index is 526. The first-order chi connectivity index (χ1) is 10.2. The van der Waals surface area contributed by atoms with Crippen LogP contribution in [-0.2, 0) is 19.1 Å². The molecule has 0 spiro atoms. The Balaban J connectivity index is 2.19. The van der Waals surface area contributed by atoms with E-state index in [-0.39, 0.29) is 24.0 Å². The Hall–Kier alpha value is -2.14. The maximum Gasteiger partial charge on any atom is 0.330 e. The van der Waals surface area contributed by atoms with Crippen molar-refractivity contribution in [3.8, 4) is 0 Å². The van der Waals surface area contributed by atoms with Gasteiger partial charge in [-0.1, -0.05) is 36.4 Å². The average molecular weight is 289 g/mol. The summed E-state index contributed by atoms with van der Waals surface area (Å²) in [6.45, 7) is 0. The molecule has 1 fully saturated rings. The molecule has 1 aromatic carbocycles. The van der Waals surface area contributed by atoms with Crippen LogP contribution in [0.1, 0.15) is 18.0 Å². The number of carbonyl (C=O) groups is 2. The molecule has 21 heavy (non-hydrogen) atoms. The van der Waals surface area contributed by atoms with Gasteiger partial charge in [0.1, 0.15) is 6.04 Å². The van der Waals surface area contributed by atoms with Crippen LogP contribution in [0.4, 0.5) is 0 Å². The van der Waals surface area contributed by atoms with Gasteiger partial charge in [0.2, 0.25) is 0 Å². The first-order valence-electron chi connectivity index (χ1n) is 6.80. The van der Waals surface area contributed by atoms with Crippen molar-refractivity contribution in [1.29, 1.82) is 0 Å². The molecule has 1 aliphatic rings. The van der Waals surface area contributed by atoms with Crippen molar-refractivity contribution in [2.24, 2.45) is 5.92 Å². The van der Waals surface area contributed by atoms with Gasteiger partial charge in [0.05, 0.1) is 14.2 Å². The lowest BCUT2D eigenvalue weighted by Crippen LogP contribution is -2.33. The summed E-state index contributed by atoms with van der Waals surface area (Å²) in [4.78, 5) is 23.0. The van der Waals surface area contributed by atoms with E-state index in [0.717, 1.165) is 5.56 Å². The molecule has 1 heterocycles. The summed E-state index contributed by atoms with van der Waals surface area (Å²) < 4.78 is 9.40. The zero-order valence-corrected chi connectivity index (χ0v) is 12.1. The molecule has 0 bridgehead atoms. The molecule has 1 aliphatic heterocycles. The number of benzene rings is 1. The number of rotatable bonds is 4. The van der Waals surface area contributed by atoms with Crippen LogP contribution in [0.5, 0.6) is 0 Å². The van der Waals surface area contributed by atoms with Crippen molar-refractivity contribution in [1.82, 2.24) is 5.32 Å². The Morgan fingerprint density at radius 1 is 1.19 bits per heavy atom. The maximum atomic E-state index is 11.7. The summed E-state index contributed by atoms with van der Waals surface area (Å²) in [5.41, 5.74) is 1.07. The minimum Gasteiger partial charge on any atom is -0.468 e. The third-order valence-electron chi connectivity index (χ3n) is 3.64. The van der Waals surface area contributed by atoms with E-state index < -0.39 is 5.97 Å². The molecule has 0 aliphatic carbocycles. The summed E-state index contributed by atoms with van der Waals surface area (Å²) in [5.74, 6) is -0.663. The molecular weight excluding hydrogens is 270 g/mol. The fourth-order valence-electron chi connectivity index (χ4n) is 2.59. The van der Waals surface area contributed by atoms with E-state index in [2.05, 4.69) is 10.1 Å². The van der Waals surface area contributed by atoms with Crippen molar-refractivity contribution in [3.63, 3.8) is 0 Å². The highest BCUT2D eigenvalue weighted by Gasteiger charge is 2.37. The van der Waals surface area contributed by atoms with Crippen LogP contribution < -0.4 is 5.32 Å². The SMILES string of the molecule is COC(=O)/C=C/[C@H]1C[C@H](C(=O)OC)N[C@@H]1c1ccccc1. The lowest BCUT2D eigenvalue weighted by Gasteiger charge is -2.17. The lowest BCUT2D eigenvalue weighted by atomic mass is 9.93. The molecule has 1 saturated heterocycles. The normalized spacial score (nSPS) is 25.0. The number of methoxy groups -OCH3 is 2. The summed E-state index contributed by atoms with van der Waals surface area (Å²) in [6, 6.07) is 9.43. The van der Waals surface area contributed by atoms with Gasteiger partial charge in [-0.05, 0) is 17.9 Å². The van der Waals surface area contributed by atoms with Gasteiger partial charge in [-0.15, -0.1) is 0 Å². The van der Waals surface area contributed by atoms with Gasteiger partial charge in [0, 0.05) is 12.1 Å². The van der Waals surface area contributed by atoms with E-state index in [9.17, 15) is 9.59 Å². The van der Waals surface area contributed by atoms with Crippen LogP contribution in [0.25, 0.3) is 0 Å². The first kappa shape index (κ1) is 15.3. The molecule has 5 nitrogen and oxygen atoms in total. The van der Waals surface area contributed by atoms with Gasteiger partial charge in [0.15, 0.2) is 0 Å². The number of ether oxygens (including phenoxy) is 2. The average Bonchev–Trinajstić information content (AvgIpc) is 2.96. The monoisotopic (exact) mass is 289 g/mol. The topological polar surface area (TPSA) is 64.6 Å². The summed E-state index contributed by atoms with van der Waals surface area (Å²) in [5, 5.41) is 3.27. The Kier molecular flexibility index (Phi) is 5.11. The van der Waals surface area contributed by atoms with Gasteiger partial charge in [0.25, 0.3) is 0 Å². The summed E-state index contributed by atoms with van der Waals surface area (Å²) in [6.07, 6.45) is 3.78. The predicted octanol–water partition coefficient (Wildman–Crippen LogP) is 1.61. The number of esters is 2. The van der Waals surface area contributed by atoms with Crippen molar-refractivity contribution in [3.05, 3.63) is 48.0 Å². The summed E-state index contributed by atoms with van der Waals surface area (Å²) >= 11 is 0. The highest BCUT2D eigenvalue weighted by molar-refractivity contribution is 5.82. The van der Waals surface area contributed by atoms with Crippen molar-refractivity contribution < 1.29 is 19.1 Å². The minimum absolute atomic E-state index is 0.0237. The zero-order valence-electron chi connectivity index (χ0n) is 12.1. The lowest BCUT2D eigenvalue weighted by molar-refractivity contribution is -0.142. The van der Waals surface area contributed by atoms with Gasteiger partial charge in [-0.25, -0.2) is 4.79 Å². The molecular formula is C16H19NO4. The van der Waals surface area contributed by atoms with Crippen LogP contribution in [0.3, 0.4) is 0 Å². The first-order valence-corrected chi connectivity index (χ1v) is 6.80. The van der Waals surface area contributed by atoms with E-state index in [1.54, 1.807) is 6.08 Å². The van der Waals surface area contributed by atoms with E-state index in [1.165, 1.54) is 20.3 Å². The van der Waals surface area contributed by atoms with Crippen molar-refractivity contribution >= 4 is 11.9 Å². The second kappa shape index (κ2) is 7.04. The fraction of sp³-hybridized carbons (Fsp3) is 0.375. The Morgan fingerprint density at radius 2 is 1.90 bits per heavy atom. The van der Waals surface area contributed by atoms with Crippen LogP contribution >= 0.6 is 0 Å².